The Labute approximate surface area is 221 Å². The minimum atomic E-state index is -0.604. The molecule has 0 atom stereocenters. The molecule has 2 heterocycles. The first-order valence-corrected chi connectivity index (χ1v) is 12.4. The Morgan fingerprint density at radius 2 is 1.55 bits per heavy atom. The molecule has 0 amide bonds. The molecule has 0 aliphatic rings. The standard InChI is InChI=1S/C30H30N4O4/c1-17-13-19(16-30(3,4)29(35)37-6)14-18(2)25(17)26-31-23-12-9-21(15-24(23)32-26)28-34-33-27(38-28)20-7-10-22(36-5)11-8-20/h7-15H,16H2,1-6H3,(H,31,32). The van der Waals surface area contributed by atoms with Crippen LogP contribution >= 0.6 is 0 Å². The number of aryl methyl sites for hydroxylation is 2. The molecule has 0 saturated carbocycles. The van der Waals surface area contributed by atoms with Gasteiger partial charge in [0, 0.05) is 16.7 Å². The minimum Gasteiger partial charge on any atom is -0.497 e. The summed E-state index contributed by atoms with van der Waals surface area (Å²) in [5, 5.41) is 8.45. The predicted octanol–water partition coefficient (Wildman–Crippen LogP) is 6.31. The number of hydrogen-bond donors (Lipinski definition) is 1. The molecule has 0 saturated heterocycles. The van der Waals surface area contributed by atoms with E-state index < -0.39 is 5.41 Å². The van der Waals surface area contributed by atoms with Gasteiger partial charge in [-0.05, 0) is 93.3 Å². The molecule has 1 N–H and O–H groups in total. The van der Waals surface area contributed by atoms with Crippen molar-refractivity contribution in [1.29, 1.82) is 0 Å². The highest BCUT2D eigenvalue weighted by Crippen LogP contribution is 2.33. The van der Waals surface area contributed by atoms with Crippen LogP contribution < -0.4 is 4.74 Å². The van der Waals surface area contributed by atoms with Crippen LogP contribution in [0.5, 0.6) is 5.75 Å². The van der Waals surface area contributed by atoms with Gasteiger partial charge < -0.3 is 18.9 Å². The van der Waals surface area contributed by atoms with Crippen molar-refractivity contribution in [3.8, 4) is 40.0 Å². The van der Waals surface area contributed by atoms with Crippen LogP contribution in [0.25, 0.3) is 45.3 Å². The summed E-state index contributed by atoms with van der Waals surface area (Å²) in [6, 6.07) is 17.6. The lowest BCUT2D eigenvalue weighted by Gasteiger charge is -2.22. The first-order valence-electron chi connectivity index (χ1n) is 12.4. The molecule has 0 spiro atoms. The van der Waals surface area contributed by atoms with Crippen molar-refractivity contribution in [3.05, 3.63) is 71.3 Å². The van der Waals surface area contributed by atoms with Crippen molar-refractivity contribution in [2.75, 3.05) is 14.2 Å². The number of fused-ring (bicyclic) bond motifs is 1. The summed E-state index contributed by atoms with van der Waals surface area (Å²) in [7, 11) is 3.05. The molecular formula is C30H30N4O4. The molecule has 5 aromatic rings. The van der Waals surface area contributed by atoms with Gasteiger partial charge in [0.2, 0.25) is 11.8 Å². The predicted molar refractivity (Wildman–Crippen MR) is 146 cm³/mol. The number of nitrogens with one attached hydrogen (secondary N) is 1. The fourth-order valence-electron chi connectivity index (χ4n) is 4.83. The van der Waals surface area contributed by atoms with Crippen molar-refractivity contribution in [2.45, 2.75) is 34.1 Å². The number of benzene rings is 3. The summed E-state index contributed by atoms with van der Waals surface area (Å²) in [4.78, 5) is 20.5. The maximum Gasteiger partial charge on any atom is 0.311 e. The maximum atomic E-state index is 12.2. The zero-order valence-electron chi connectivity index (χ0n) is 22.4. The smallest absolute Gasteiger partial charge is 0.311 e. The summed E-state index contributed by atoms with van der Waals surface area (Å²) < 4.78 is 16.1. The number of aromatic nitrogens is 4. The van der Waals surface area contributed by atoms with Crippen molar-refractivity contribution in [3.63, 3.8) is 0 Å². The molecular weight excluding hydrogens is 480 g/mol. The zero-order chi connectivity index (χ0) is 27.0. The first kappa shape index (κ1) is 25.2. The number of H-pyrrole nitrogens is 1. The average Bonchev–Trinajstić information content (AvgIpc) is 3.54. The minimum absolute atomic E-state index is 0.220. The van der Waals surface area contributed by atoms with Gasteiger partial charge in [-0.2, -0.15) is 0 Å². The largest absolute Gasteiger partial charge is 0.497 e. The second-order valence-electron chi connectivity index (χ2n) is 10.1. The SMILES string of the molecule is COC(=O)C(C)(C)Cc1cc(C)c(-c2nc3cc(-c4nnc(-c5ccc(OC)cc5)o4)ccc3[nH]2)c(C)c1. The lowest BCUT2D eigenvalue weighted by atomic mass is 9.84. The number of carbonyl (C=O) groups is 1. The fourth-order valence-corrected chi connectivity index (χ4v) is 4.83. The third-order valence-corrected chi connectivity index (χ3v) is 6.71. The van der Waals surface area contributed by atoms with Crippen LogP contribution in [-0.2, 0) is 16.0 Å². The van der Waals surface area contributed by atoms with Gasteiger partial charge in [0.25, 0.3) is 0 Å². The van der Waals surface area contributed by atoms with Crippen LogP contribution in [0.3, 0.4) is 0 Å². The van der Waals surface area contributed by atoms with Crippen LogP contribution in [0.4, 0.5) is 0 Å². The summed E-state index contributed by atoms with van der Waals surface area (Å²) in [5.41, 5.74) is 7.01. The van der Waals surface area contributed by atoms with E-state index in [1.165, 1.54) is 7.11 Å². The Kier molecular flexibility index (Phi) is 6.48. The van der Waals surface area contributed by atoms with E-state index in [-0.39, 0.29) is 5.97 Å². The van der Waals surface area contributed by atoms with Crippen LogP contribution in [-0.4, -0.2) is 40.4 Å². The third kappa shape index (κ3) is 4.77. The summed E-state index contributed by atoms with van der Waals surface area (Å²) in [6.45, 7) is 7.93. The van der Waals surface area contributed by atoms with E-state index in [1.54, 1.807) is 7.11 Å². The number of imidazole rings is 1. The van der Waals surface area contributed by atoms with Gasteiger partial charge in [-0.15, -0.1) is 10.2 Å². The van der Waals surface area contributed by atoms with Crippen LogP contribution in [0.1, 0.15) is 30.5 Å². The quantitative estimate of drug-likeness (QED) is 0.256. The average molecular weight is 511 g/mol. The Hall–Kier alpha value is -4.46. The second-order valence-corrected chi connectivity index (χ2v) is 10.1. The summed E-state index contributed by atoms with van der Waals surface area (Å²) in [5.74, 6) is 2.19. The van der Waals surface area contributed by atoms with Crippen LogP contribution in [0.2, 0.25) is 0 Å². The number of esters is 1. The van der Waals surface area contributed by atoms with E-state index >= 15 is 0 Å². The van der Waals surface area contributed by atoms with Gasteiger partial charge in [0.05, 0.1) is 30.7 Å². The Balaban J connectivity index is 1.43. The molecule has 38 heavy (non-hydrogen) atoms. The molecule has 0 aliphatic heterocycles. The number of carbonyl (C=O) groups excluding carboxylic acids is 1. The molecule has 0 radical (unpaired) electrons. The molecule has 0 aliphatic carbocycles. The molecule has 8 heteroatoms. The number of rotatable bonds is 7. The molecule has 2 aromatic heterocycles. The van der Waals surface area contributed by atoms with E-state index in [2.05, 4.69) is 41.2 Å². The van der Waals surface area contributed by atoms with E-state index in [4.69, 9.17) is 18.9 Å². The number of hydrogen-bond acceptors (Lipinski definition) is 7. The van der Waals surface area contributed by atoms with E-state index in [1.807, 2.05) is 56.3 Å². The van der Waals surface area contributed by atoms with Gasteiger partial charge in [0.1, 0.15) is 11.6 Å². The van der Waals surface area contributed by atoms with Crippen LogP contribution in [0, 0.1) is 19.3 Å². The number of aromatic amines is 1. The molecule has 0 bridgehead atoms. The molecule has 5 rings (SSSR count). The van der Waals surface area contributed by atoms with Crippen molar-refractivity contribution >= 4 is 17.0 Å². The molecule has 194 valence electrons. The number of nitrogens with zero attached hydrogens (tertiary/aromatic N) is 3. The third-order valence-electron chi connectivity index (χ3n) is 6.71. The van der Waals surface area contributed by atoms with Crippen molar-refractivity contribution < 1.29 is 18.7 Å². The highest BCUT2D eigenvalue weighted by atomic mass is 16.5. The lowest BCUT2D eigenvalue weighted by molar-refractivity contribution is -0.150. The Morgan fingerprint density at radius 1 is 0.921 bits per heavy atom. The number of methoxy groups -OCH3 is 2. The van der Waals surface area contributed by atoms with Gasteiger partial charge >= 0.3 is 5.97 Å². The van der Waals surface area contributed by atoms with E-state index in [0.717, 1.165) is 56.0 Å². The normalized spacial score (nSPS) is 11.6. The number of ether oxygens (including phenoxy) is 2. The van der Waals surface area contributed by atoms with Crippen molar-refractivity contribution in [2.24, 2.45) is 5.41 Å². The second kappa shape index (κ2) is 9.78. The van der Waals surface area contributed by atoms with Gasteiger partial charge in [-0.1, -0.05) is 12.1 Å². The van der Waals surface area contributed by atoms with Crippen LogP contribution in [0.15, 0.2) is 59.0 Å². The molecule has 3 aromatic carbocycles. The maximum absolute atomic E-state index is 12.2. The monoisotopic (exact) mass is 510 g/mol. The van der Waals surface area contributed by atoms with E-state index in [0.29, 0.717) is 18.2 Å². The highest BCUT2D eigenvalue weighted by Gasteiger charge is 2.29. The molecule has 0 unspecified atom stereocenters. The molecule has 0 fully saturated rings. The topological polar surface area (TPSA) is 103 Å². The highest BCUT2D eigenvalue weighted by molar-refractivity contribution is 5.84. The lowest BCUT2D eigenvalue weighted by Crippen LogP contribution is -2.28. The summed E-state index contributed by atoms with van der Waals surface area (Å²) in [6.07, 6.45) is 0.591. The zero-order valence-corrected chi connectivity index (χ0v) is 22.4. The Morgan fingerprint density at radius 3 is 2.18 bits per heavy atom. The van der Waals surface area contributed by atoms with Gasteiger partial charge in [0.15, 0.2) is 0 Å². The van der Waals surface area contributed by atoms with Gasteiger partial charge in [-0.25, -0.2) is 4.98 Å². The molecule has 8 nitrogen and oxygen atoms in total. The summed E-state index contributed by atoms with van der Waals surface area (Å²) >= 11 is 0. The first-order chi connectivity index (χ1) is 18.2. The Bertz CT molecular complexity index is 1610. The van der Waals surface area contributed by atoms with E-state index in [9.17, 15) is 4.79 Å². The fraction of sp³-hybridized carbons (Fsp3) is 0.267. The van der Waals surface area contributed by atoms with Crippen molar-refractivity contribution in [1.82, 2.24) is 20.2 Å². The van der Waals surface area contributed by atoms with Gasteiger partial charge in [-0.3, -0.25) is 4.79 Å².